The van der Waals surface area contributed by atoms with E-state index in [4.69, 9.17) is 11.6 Å². The Kier molecular flexibility index (Phi) is 4.71. The molecule has 0 N–H and O–H groups in total. The van der Waals surface area contributed by atoms with Crippen LogP contribution in [0.25, 0.3) is 11.0 Å². The highest BCUT2D eigenvalue weighted by atomic mass is 127. The normalized spacial score (nSPS) is 13.4. The fourth-order valence-corrected chi connectivity index (χ4v) is 3.20. The Morgan fingerprint density at radius 1 is 1.42 bits per heavy atom. The smallest absolute Gasteiger partial charge is 0.138 e. The molecule has 2 nitrogen and oxygen atoms in total. The fourth-order valence-electron chi connectivity index (χ4n) is 2.56. The van der Waals surface area contributed by atoms with Crippen LogP contribution in [0, 0.1) is 15.3 Å². The molecule has 0 saturated carbocycles. The second-order valence-corrected chi connectivity index (χ2v) is 6.44. The SMILES string of the molecule is CCC(C(C)C)n1c(CCl)nc2cc(I)c(F)cc21. The number of hydrogen-bond donors (Lipinski definition) is 0. The molecule has 104 valence electrons. The lowest BCUT2D eigenvalue weighted by Crippen LogP contribution is -2.16. The van der Waals surface area contributed by atoms with Gasteiger partial charge < -0.3 is 4.57 Å². The van der Waals surface area contributed by atoms with Crippen LogP contribution >= 0.6 is 34.2 Å². The first-order chi connectivity index (χ1) is 8.99. The van der Waals surface area contributed by atoms with Crippen LogP contribution < -0.4 is 0 Å². The molecule has 2 rings (SSSR count). The Morgan fingerprint density at radius 2 is 2.11 bits per heavy atom. The number of halogens is 3. The molecule has 5 heteroatoms. The van der Waals surface area contributed by atoms with E-state index in [0.29, 0.717) is 21.4 Å². The van der Waals surface area contributed by atoms with Gasteiger partial charge >= 0.3 is 0 Å². The number of aromatic nitrogens is 2. The van der Waals surface area contributed by atoms with Crippen molar-refractivity contribution in [2.75, 3.05) is 0 Å². The predicted molar refractivity (Wildman–Crippen MR) is 86.1 cm³/mol. The number of hydrogen-bond acceptors (Lipinski definition) is 1. The van der Waals surface area contributed by atoms with Crippen LogP contribution in [0.4, 0.5) is 4.39 Å². The molecule has 0 aliphatic heterocycles. The Hall–Kier alpha value is -0.360. The molecule has 0 bridgehead atoms. The highest BCUT2D eigenvalue weighted by molar-refractivity contribution is 14.1. The first kappa shape index (κ1) is 15.0. The number of benzene rings is 1. The van der Waals surface area contributed by atoms with E-state index in [1.807, 2.05) is 22.6 Å². The van der Waals surface area contributed by atoms with Crippen molar-refractivity contribution in [3.8, 4) is 0 Å². The summed E-state index contributed by atoms with van der Waals surface area (Å²) in [6.45, 7) is 6.47. The molecule has 0 aliphatic carbocycles. The molecule has 1 atom stereocenters. The highest BCUT2D eigenvalue weighted by Gasteiger charge is 2.21. The van der Waals surface area contributed by atoms with E-state index >= 15 is 0 Å². The van der Waals surface area contributed by atoms with Crippen LogP contribution in [0.2, 0.25) is 0 Å². The van der Waals surface area contributed by atoms with Gasteiger partial charge in [-0.3, -0.25) is 0 Å². The Bertz CT molecular complexity index is 595. The van der Waals surface area contributed by atoms with Crippen LogP contribution in [0.5, 0.6) is 0 Å². The number of alkyl halides is 1. The van der Waals surface area contributed by atoms with E-state index in [9.17, 15) is 4.39 Å². The van der Waals surface area contributed by atoms with Gasteiger partial charge in [-0.25, -0.2) is 9.37 Å². The summed E-state index contributed by atoms with van der Waals surface area (Å²) < 4.78 is 16.5. The minimum Gasteiger partial charge on any atom is -0.324 e. The molecule has 1 heterocycles. The molecule has 0 amide bonds. The molecule has 0 spiro atoms. The molecule has 0 radical (unpaired) electrons. The van der Waals surface area contributed by atoms with Gasteiger partial charge in [0.2, 0.25) is 0 Å². The first-order valence-electron chi connectivity index (χ1n) is 6.41. The van der Waals surface area contributed by atoms with Crippen molar-refractivity contribution in [1.82, 2.24) is 9.55 Å². The van der Waals surface area contributed by atoms with Gasteiger partial charge in [-0.1, -0.05) is 20.8 Å². The van der Waals surface area contributed by atoms with Crippen molar-refractivity contribution in [3.05, 3.63) is 27.3 Å². The molecule has 2 aromatic rings. The van der Waals surface area contributed by atoms with E-state index in [0.717, 1.165) is 23.3 Å². The average Bonchev–Trinajstić information content (AvgIpc) is 2.69. The maximum atomic E-state index is 13.8. The molecule has 1 aromatic carbocycles. The summed E-state index contributed by atoms with van der Waals surface area (Å²) in [6, 6.07) is 3.65. The lowest BCUT2D eigenvalue weighted by Gasteiger charge is -2.23. The monoisotopic (exact) mass is 394 g/mol. The van der Waals surface area contributed by atoms with E-state index in [1.54, 1.807) is 12.1 Å². The van der Waals surface area contributed by atoms with Gasteiger partial charge in [0.05, 0.1) is 20.5 Å². The summed E-state index contributed by atoms with van der Waals surface area (Å²) in [4.78, 5) is 4.54. The lowest BCUT2D eigenvalue weighted by atomic mass is 10.0. The van der Waals surface area contributed by atoms with Gasteiger partial charge in [0.1, 0.15) is 11.6 Å². The third-order valence-corrected chi connectivity index (χ3v) is 4.51. The third-order valence-electron chi connectivity index (χ3n) is 3.44. The molecular formula is C14H17ClFIN2. The third kappa shape index (κ3) is 2.75. The minimum atomic E-state index is -0.200. The van der Waals surface area contributed by atoms with Gasteiger partial charge in [0, 0.05) is 12.1 Å². The Balaban J connectivity index is 2.72. The summed E-state index contributed by atoms with van der Waals surface area (Å²) in [6.07, 6.45) is 0.973. The summed E-state index contributed by atoms with van der Waals surface area (Å²) >= 11 is 8.00. The molecule has 19 heavy (non-hydrogen) atoms. The maximum Gasteiger partial charge on any atom is 0.138 e. The predicted octanol–water partition coefficient (Wildman–Crippen LogP) is 5.13. The van der Waals surface area contributed by atoms with E-state index in [1.165, 1.54) is 0 Å². The maximum absolute atomic E-state index is 13.8. The summed E-state index contributed by atoms with van der Waals surface area (Å²) in [5.74, 6) is 1.41. The molecule has 1 unspecified atom stereocenters. The molecule has 1 aromatic heterocycles. The van der Waals surface area contributed by atoms with Crippen molar-refractivity contribution in [1.29, 1.82) is 0 Å². The average molecular weight is 395 g/mol. The van der Waals surface area contributed by atoms with Gasteiger partial charge in [-0.15, -0.1) is 11.6 Å². The minimum absolute atomic E-state index is 0.200. The number of nitrogens with zero attached hydrogens (tertiary/aromatic N) is 2. The summed E-state index contributed by atoms with van der Waals surface area (Å²) in [5, 5.41) is 0. The van der Waals surface area contributed by atoms with Crippen molar-refractivity contribution in [3.63, 3.8) is 0 Å². The van der Waals surface area contributed by atoms with Crippen LogP contribution in [0.3, 0.4) is 0 Å². The van der Waals surface area contributed by atoms with Crippen molar-refractivity contribution < 1.29 is 4.39 Å². The summed E-state index contributed by atoms with van der Waals surface area (Å²) in [7, 11) is 0. The van der Waals surface area contributed by atoms with E-state index in [-0.39, 0.29) is 5.82 Å². The van der Waals surface area contributed by atoms with Crippen LogP contribution in [-0.2, 0) is 5.88 Å². The zero-order chi connectivity index (χ0) is 14.2. The van der Waals surface area contributed by atoms with Crippen molar-refractivity contribution >= 4 is 45.2 Å². The van der Waals surface area contributed by atoms with E-state index in [2.05, 4.69) is 30.3 Å². The highest BCUT2D eigenvalue weighted by Crippen LogP contribution is 2.30. The van der Waals surface area contributed by atoms with Gasteiger partial charge in [0.25, 0.3) is 0 Å². The molecule has 0 fully saturated rings. The standard InChI is InChI=1S/C14H17ClFIN2/c1-4-12(8(2)3)19-13-5-9(16)10(17)6-11(13)18-14(19)7-15/h5-6,8,12H,4,7H2,1-3H3. The zero-order valence-electron chi connectivity index (χ0n) is 11.3. The molecule has 0 aliphatic rings. The fraction of sp³-hybridized carbons (Fsp3) is 0.500. The number of rotatable bonds is 4. The van der Waals surface area contributed by atoms with Gasteiger partial charge in [0.15, 0.2) is 0 Å². The van der Waals surface area contributed by atoms with Crippen LogP contribution in [-0.4, -0.2) is 9.55 Å². The van der Waals surface area contributed by atoms with Gasteiger partial charge in [-0.05, 0) is 41.0 Å². The molecule has 0 saturated heterocycles. The summed E-state index contributed by atoms with van der Waals surface area (Å²) in [5.41, 5.74) is 1.66. The second-order valence-electron chi connectivity index (χ2n) is 5.01. The number of fused-ring (bicyclic) bond motifs is 1. The topological polar surface area (TPSA) is 17.8 Å². The largest absolute Gasteiger partial charge is 0.324 e. The van der Waals surface area contributed by atoms with Crippen molar-refractivity contribution in [2.45, 2.75) is 39.1 Å². The first-order valence-corrected chi connectivity index (χ1v) is 8.02. The van der Waals surface area contributed by atoms with Crippen molar-refractivity contribution in [2.24, 2.45) is 5.92 Å². The zero-order valence-corrected chi connectivity index (χ0v) is 14.2. The number of imidazole rings is 1. The molecular weight excluding hydrogens is 378 g/mol. The second kappa shape index (κ2) is 5.95. The van der Waals surface area contributed by atoms with Crippen LogP contribution in [0.15, 0.2) is 12.1 Å². The quantitative estimate of drug-likeness (QED) is 0.519. The Morgan fingerprint density at radius 3 is 2.63 bits per heavy atom. The lowest BCUT2D eigenvalue weighted by molar-refractivity contribution is 0.367. The van der Waals surface area contributed by atoms with Gasteiger partial charge in [-0.2, -0.15) is 0 Å². The Labute approximate surface area is 131 Å². The van der Waals surface area contributed by atoms with E-state index < -0.39 is 0 Å². The van der Waals surface area contributed by atoms with Crippen LogP contribution in [0.1, 0.15) is 39.1 Å².